The monoisotopic (exact) mass is 478 g/mol. The van der Waals surface area contributed by atoms with Crippen LogP contribution in [0.3, 0.4) is 0 Å². The minimum absolute atomic E-state index is 0.0125. The van der Waals surface area contributed by atoms with E-state index in [0.717, 1.165) is 41.3 Å². The van der Waals surface area contributed by atoms with Crippen LogP contribution < -0.4 is 15.1 Å². The van der Waals surface area contributed by atoms with E-state index in [9.17, 15) is 18.3 Å². The van der Waals surface area contributed by atoms with E-state index in [2.05, 4.69) is 27.2 Å². The molecule has 2 aliphatic rings. The van der Waals surface area contributed by atoms with Crippen molar-refractivity contribution in [2.45, 2.75) is 38.9 Å². The summed E-state index contributed by atoms with van der Waals surface area (Å²) in [5.74, 6) is 1.15. The number of aromatic nitrogens is 1. The highest BCUT2D eigenvalue weighted by atomic mass is 19.4. The molecule has 0 spiro atoms. The number of ether oxygens (including phenoxy) is 1. The summed E-state index contributed by atoms with van der Waals surface area (Å²) in [6.45, 7) is 7.73. The minimum atomic E-state index is -4.12. The fourth-order valence-electron chi connectivity index (χ4n) is 4.68. The highest BCUT2D eigenvalue weighted by molar-refractivity contribution is 5.76. The Bertz CT molecular complexity index is 979. The molecular formula is C25H33F3N4O2. The quantitative estimate of drug-likeness (QED) is 0.613. The number of aliphatic hydroxyl groups is 1. The molecule has 0 radical (unpaired) electrons. The van der Waals surface area contributed by atoms with Gasteiger partial charge in [-0.1, -0.05) is 6.07 Å². The molecular weight excluding hydrogens is 445 g/mol. The van der Waals surface area contributed by atoms with E-state index in [-0.39, 0.29) is 18.6 Å². The molecule has 2 aliphatic heterocycles. The number of nitrogens with one attached hydrogen (secondary N) is 1. The Balaban J connectivity index is 1.64. The molecule has 1 aromatic heterocycles. The first-order valence-electron chi connectivity index (χ1n) is 11.9. The maximum atomic E-state index is 12.9. The van der Waals surface area contributed by atoms with Crippen molar-refractivity contribution in [2.75, 3.05) is 61.1 Å². The molecule has 186 valence electrons. The van der Waals surface area contributed by atoms with Crippen LogP contribution in [0.1, 0.15) is 25.3 Å². The number of benzene rings is 1. The molecule has 6 nitrogen and oxygen atoms in total. The second kappa shape index (κ2) is 10.4. The Kier molecular flexibility index (Phi) is 7.52. The zero-order chi connectivity index (χ0) is 24.3. The molecule has 2 saturated heterocycles. The molecule has 1 unspecified atom stereocenters. The highest BCUT2D eigenvalue weighted by Crippen LogP contribution is 2.36. The second-order valence-electron chi connectivity index (χ2n) is 9.35. The maximum absolute atomic E-state index is 12.9. The van der Waals surface area contributed by atoms with E-state index in [0.29, 0.717) is 38.5 Å². The van der Waals surface area contributed by atoms with Gasteiger partial charge in [0.1, 0.15) is 11.6 Å². The molecule has 0 saturated carbocycles. The molecule has 0 aliphatic carbocycles. The highest BCUT2D eigenvalue weighted by Gasteiger charge is 2.35. The van der Waals surface area contributed by atoms with Crippen molar-refractivity contribution in [1.82, 2.24) is 4.98 Å². The molecule has 2 N–H and O–H groups in total. The average molecular weight is 479 g/mol. The molecule has 1 aromatic carbocycles. The number of morpholine rings is 1. The van der Waals surface area contributed by atoms with Crippen LogP contribution in [0.5, 0.6) is 0 Å². The van der Waals surface area contributed by atoms with Gasteiger partial charge in [0, 0.05) is 44.3 Å². The number of hydrogen-bond donors (Lipinski definition) is 2. The molecule has 4 rings (SSSR count). The minimum Gasteiger partial charge on any atom is -0.394 e. The topological polar surface area (TPSA) is 60.9 Å². The zero-order valence-electron chi connectivity index (χ0n) is 19.7. The lowest BCUT2D eigenvalue weighted by atomic mass is 9.99. The number of nitrogens with zero attached hydrogens (tertiary/aromatic N) is 3. The van der Waals surface area contributed by atoms with Gasteiger partial charge >= 0.3 is 6.18 Å². The van der Waals surface area contributed by atoms with Crippen LogP contribution in [0, 0.1) is 12.8 Å². The summed E-state index contributed by atoms with van der Waals surface area (Å²) < 4.78 is 44.1. The van der Waals surface area contributed by atoms with Crippen LogP contribution in [-0.4, -0.2) is 68.3 Å². The van der Waals surface area contributed by atoms with E-state index in [1.54, 1.807) is 0 Å². The van der Waals surface area contributed by atoms with E-state index >= 15 is 0 Å². The van der Waals surface area contributed by atoms with E-state index in [1.165, 1.54) is 0 Å². The van der Waals surface area contributed by atoms with Gasteiger partial charge in [-0.05, 0) is 67.1 Å². The number of aryl methyl sites for hydroxylation is 1. The van der Waals surface area contributed by atoms with E-state index in [1.807, 2.05) is 32.0 Å². The number of rotatable bonds is 7. The van der Waals surface area contributed by atoms with E-state index in [4.69, 9.17) is 9.72 Å². The van der Waals surface area contributed by atoms with Crippen molar-refractivity contribution in [3.63, 3.8) is 0 Å². The van der Waals surface area contributed by atoms with Crippen molar-refractivity contribution in [1.29, 1.82) is 0 Å². The number of aliphatic hydroxyl groups excluding tert-OH is 1. The van der Waals surface area contributed by atoms with Crippen LogP contribution in [0.15, 0.2) is 30.3 Å². The Morgan fingerprint density at radius 1 is 1.15 bits per heavy atom. The van der Waals surface area contributed by atoms with Gasteiger partial charge in [0.15, 0.2) is 0 Å². The summed E-state index contributed by atoms with van der Waals surface area (Å²) in [6, 6.07) is 9.97. The second-order valence-corrected chi connectivity index (χ2v) is 9.35. The third kappa shape index (κ3) is 6.13. The third-order valence-corrected chi connectivity index (χ3v) is 6.52. The normalized spacial score (nSPS) is 20.0. The lowest BCUT2D eigenvalue weighted by Crippen LogP contribution is -2.37. The molecule has 2 aromatic rings. The Morgan fingerprint density at radius 2 is 1.91 bits per heavy atom. The number of anilines is 3. The van der Waals surface area contributed by atoms with Crippen molar-refractivity contribution in [2.24, 2.45) is 5.92 Å². The Hall–Kier alpha value is -2.52. The van der Waals surface area contributed by atoms with Crippen molar-refractivity contribution in [3.8, 4) is 11.1 Å². The van der Waals surface area contributed by atoms with Crippen LogP contribution >= 0.6 is 0 Å². The van der Waals surface area contributed by atoms with Gasteiger partial charge in [-0.3, -0.25) is 0 Å². The summed E-state index contributed by atoms with van der Waals surface area (Å²) >= 11 is 0. The largest absolute Gasteiger partial charge is 0.394 e. The van der Waals surface area contributed by atoms with Gasteiger partial charge in [-0.15, -0.1) is 0 Å². The first-order chi connectivity index (χ1) is 16.2. The lowest BCUT2D eigenvalue weighted by molar-refractivity contribution is -0.142. The van der Waals surface area contributed by atoms with Gasteiger partial charge in [-0.2, -0.15) is 13.2 Å². The summed E-state index contributed by atoms with van der Waals surface area (Å²) in [5, 5.41) is 12.8. The van der Waals surface area contributed by atoms with Gasteiger partial charge < -0.3 is 25.0 Å². The standard InChI is InChI=1S/C25H33F3N4O2/c1-17-3-4-21(32-6-5-19(15-32)14-25(26,27)28)13-22(17)20-11-23(29-18(2)16-33)30-24(12-20)31-7-9-34-10-8-31/h3-4,11-13,18-19,33H,5-10,14-16H2,1-2H3,(H,29,30)/t18?,19-/m0/s1. The zero-order valence-corrected chi connectivity index (χ0v) is 19.7. The molecule has 9 heteroatoms. The predicted octanol–water partition coefficient (Wildman–Crippen LogP) is 4.47. The number of pyridine rings is 1. The first kappa shape index (κ1) is 24.6. The molecule has 34 heavy (non-hydrogen) atoms. The summed E-state index contributed by atoms with van der Waals surface area (Å²) in [6.07, 6.45) is -4.30. The summed E-state index contributed by atoms with van der Waals surface area (Å²) in [5.41, 5.74) is 4.02. The smallest absolute Gasteiger partial charge is 0.389 e. The predicted molar refractivity (Wildman–Crippen MR) is 129 cm³/mol. The van der Waals surface area contributed by atoms with Crippen molar-refractivity contribution >= 4 is 17.3 Å². The van der Waals surface area contributed by atoms with E-state index < -0.39 is 12.6 Å². The molecule has 2 fully saturated rings. The average Bonchev–Trinajstić information content (AvgIpc) is 3.26. The molecule has 2 atom stereocenters. The summed E-state index contributed by atoms with van der Waals surface area (Å²) in [7, 11) is 0. The number of halogens is 3. The molecule has 0 bridgehead atoms. The van der Waals surface area contributed by atoms with Crippen LogP contribution in [0.25, 0.3) is 11.1 Å². The van der Waals surface area contributed by atoms with Crippen LogP contribution in [-0.2, 0) is 4.74 Å². The first-order valence-corrected chi connectivity index (χ1v) is 11.9. The summed E-state index contributed by atoms with van der Waals surface area (Å²) in [4.78, 5) is 9.01. The maximum Gasteiger partial charge on any atom is 0.389 e. The fraction of sp³-hybridized carbons (Fsp3) is 0.560. The third-order valence-electron chi connectivity index (χ3n) is 6.52. The van der Waals surface area contributed by atoms with Gasteiger partial charge in [0.25, 0.3) is 0 Å². The van der Waals surface area contributed by atoms with Gasteiger partial charge in [0.2, 0.25) is 0 Å². The Morgan fingerprint density at radius 3 is 2.62 bits per heavy atom. The van der Waals surface area contributed by atoms with Crippen LogP contribution in [0.4, 0.5) is 30.5 Å². The fourth-order valence-corrected chi connectivity index (χ4v) is 4.68. The lowest BCUT2D eigenvalue weighted by Gasteiger charge is -2.29. The van der Waals surface area contributed by atoms with Gasteiger partial charge in [0.05, 0.1) is 19.8 Å². The molecule has 3 heterocycles. The SMILES string of the molecule is Cc1ccc(N2CC[C@@H](CC(F)(F)F)C2)cc1-c1cc(NC(C)CO)nc(N2CCOCC2)c1. The van der Waals surface area contributed by atoms with Crippen molar-refractivity contribution in [3.05, 3.63) is 35.9 Å². The number of alkyl halides is 3. The Labute approximate surface area is 198 Å². The number of hydrogen-bond acceptors (Lipinski definition) is 6. The van der Waals surface area contributed by atoms with Crippen molar-refractivity contribution < 1.29 is 23.0 Å². The molecule has 0 amide bonds. The van der Waals surface area contributed by atoms with Crippen LogP contribution in [0.2, 0.25) is 0 Å². The van der Waals surface area contributed by atoms with Gasteiger partial charge in [-0.25, -0.2) is 4.98 Å².